The molecule has 29 heavy (non-hydrogen) atoms. The summed E-state index contributed by atoms with van der Waals surface area (Å²) in [4.78, 5) is 25.4. The van der Waals surface area contributed by atoms with Crippen molar-refractivity contribution in [2.24, 2.45) is 5.73 Å². The number of benzene rings is 1. The molecule has 0 saturated carbocycles. The minimum absolute atomic E-state index is 0.00361. The molecule has 1 aliphatic heterocycles. The van der Waals surface area contributed by atoms with Crippen LogP contribution in [0.1, 0.15) is 32.8 Å². The Labute approximate surface area is 177 Å². The van der Waals surface area contributed by atoms with Crippen molar-refractivity contribution in [1.82, 2.24) is 8.75 Å². The van der Waals surface area contributed by atoms with Crippen LogP contribution in [0.15, 0.2) is 24.4 Å². The van der Waals surface area contributed by atoms with Gasteiger partial charge in [-0.15, -0.1) is 0 Å². The Morgan fingerprint density at radius 2 is 2.14 bits per heavy atom. The number of carbonyl (C=O) groups is 2. The molecule has 1 aromatic heterocycles. The number of quaternary nitrogens is 1. The van der Waals surface area contributed by atoms with E-state index in [0.717, 1.165) is 11.7 Å². The Hall–Kier alpha value is -2.10. The molecular formula is C19H23ClFN4O3S+. The van der Waals surface area contributed by atoms with E-state index in [0.29, 0.717) is 21.8 Å². The molecule has 1 aromatic carbocycles. The molecule has 1 aliphatic rings. The maximum Gasteiger partial charge on any atom is 0.517 e. The molecule has 3 rings (SSSR count). The number of hydrogen-bond donors (Lipinski definition) is 1. The third-order valence-corrected chi connectivity index (χ3v) is 5.56. The molecule has 0 aliphatic carbocycles. The van der Waals surface area contributed by atoms with Crippen molar-refractivity contribution in [2.75, 3.05) is 6.54 Å². The lowest BCUT2D eigenvalue weighted by atomic mass is 10.0. The maximum absolute atomic E-state index is 14.5. The maximum atomic E-state index is 14.5. The summed E-state index contributed by atoms with van der Waals surface area (Å²) < 4.78 is 27.8. The van der Waals surface area contributed by atoms with Gasteiger partial charge in [-0.2, -0.15) is 13.5 Å². The van der Waals surface area contributed by atoms with Gasteiger partial charge in [0.05, 0.1) is 17.9 Å². The fraction of sp³-hybridized carbons (Fsp3) is 0.474. The summed E-state index contributed by atoms with van der Waals surface area (Å²) in [5, 5.41) is 0.445. The summed E-state index contributed by atoms with van der Waals surface area (Å²) in [6.45, 7) is 4.94. The van der Waals surface area contributed by atoms with Crippen LogP contribution in [0.4, 0.5) is 9.18 Å². The Bertz CT molecular complexity index is 919. The molecule has 2 aromatic rings. The second-order valence-electron chi connectivity index (χ2n) is 8.20. The Morgan fingerprint density at radius 3 is 2.72 bits per heavy atom. The second kappa shape index (κ2) is 7.97. The minimum atomic E-state index is -1.36. The molecule has 0 bridgehead atoms. The molecule has 1 saturated heterocycles. The highest BCUT2D eigenvalue weighted by atomic mass is 35.5. The first-order valence-corrected chi connectivity index (χ1v) is 10.2. The van der Waals surface area contributed by atoms with Crippen LogP contribution in [0, 0.1) is 0 Å². The lowest BCUT2D eigenvalue weighted by Crippen LogP contribution is -2.61. The Balaban J connectivity index is 2.11. The largest absolute Gasteiger partial charge is 0.517 e. The number of ether oxygens (including phenoxy) is 1. The topological polar surface area (TPSA) is 95.2 Å². The summed E-state index contributed by atoms with van der Waals surface area (Å²) in [6, 6.07) is 4.11. The lowest BCUT2D eigenvalue weighted by molar-refractivity contribution is -0.875. The van der Waals surface area contributed by atoms with Crippen molar-refractivity contribution in [2.45, 2.75) is 51.6 Å². The van der Waals surface area contributed by atoms with E-state index in [2.05, 4.69) is 8.75 Å². The molecule has 0 spiro atoms. The third-order valence-electron chi connectivity index (χ3n) is 4.84. The van der Waals surface area contributed by atoms with Gasteiger partial charge in [-0.3, -0.25) is 4.79 Å². The smallest absolute Gasteiger partial charge is 0.414 e. The van der Waals surface area contributed by atoms with Crippen molar-refractivity contribution < 1.29 is 23.2 Å². The van der Waals surface area contributed by atoms with Gasteiger partial charge in [0.25, 0.3) is 5.91 Å². The van der Waals surface area contributed by atoms with Crippen LogP contribution >= 0.6 is 23.3 Å². The van der Waals surface area contributed by atoms with Crippen molar-refractivity contribution in [3.05, 3.63) is 35.0 Å². The summed E-state index contributed by atoms with van der Waals surface area (Å²) in [5.41, 5.74) is 6.71. The number of halogens is 2. The minimum Gasteiger partial charge on any atom is -0.414 e. The highest BCUT2D eigenvalue weighted by Gasteiger charge is 2.57. The summed E-state index contributed by atoms with van der Waals surface area (Å²) in [5.74, 6) is -0.741. The van der Waals surface area contributed by atoms with E-state index in [9.17, 15) is 14.0 Å². The first-order chi connectivity index (χ1) is 13.5. The fourth-order valence-electron chi connectivity index (χ4n) is 3.68. The number of primary amides is 1. The highest BCUT2D eigenvalue weighted by Crippen LogP contribution is 2.37. The second-order valence-corrected chi connectivity index (χ2v) is 9.19. The van der Waals surface area contributed by atoms with Crippen LogP contribution in [-0.2, 0) is 16.1 Å². The van der Waals surface area contributed by atoms with Gasteiger partial charge in [-0.1, -0.05) is 17.7 Å². The SMILES string of the molecule is CC(C)(C)OC(=O)[N+]1(Cc2cc(Cl)ccc2-c2cnsn2)C[C@H](F)C[C@H]1C(N)=O. The molecule has 0 radical (unpaired) electrons. The van der Waals surface area contributed by atoms with E-state index in [1.54, 1.807) is 45.2 Å². The van der Waals surface area contributed by atoms with E-state index in [-0.39, 0.29) is 19.5 Å². The predicted octanol–water partition coefficient (Wildman–Crippen LogP) is 3.71. The van der Waals surface area contributed by atoms with Crippen molar-refractivity contribution >= 4 is 35.3 Å². The van der Waals surface area contributed by atoms with E-state index in [1.165, 1.54) is 0 Å². The van der Waals surface area contributed by atoms with Gasteiger partial charge >= 0.3 is 6.09 Å². The van der Waals surface area contributed by atoms with Crippen LogP contribution in [0.3, 0.4) is 0 Å². The third kappa shape index (κ3) is 4.57. The normalized spacial score (nSPS) is 24.4. The predicted molar refractivity (Wildman–Crippen MR) is 108 cm³/mol. The summed E-state index contributed by atoms with van der Waals surface area (Å²) >= 11 is 7.25. The lowest BCUT2D eigenvalue weighted by Gasteiger charge is -2.36. The van der Waals surface area contributed by atoms with Crippen LogP contribution in [-0.4, -0.2) is 49.6 Å². The van der Waals surface area contributed by atoms with E-state index in [1.807, 2.05) is 0 Å². The molecule has 10 heteroatoms. The van der Waals surface area contributed by atoms with Gasteiger partial charge in [0.15, 0.2) is 12.2 Å². The first-order valence-electron chi connectivity index (χ1n) is 9.12. The first kappa shape index (κ1) is 21.6. The number of likely N-dealkylation sites (tertiary alicyclic amines) is 1. The van der Waals surface area contributed by atoms with Gasteiger partial charge in [0.1, 0.15) is 24.4 Å². The Morgan fingerprint density at radius 1 is 1.41 bits per heavy atom. The van der Waals surface area contributed by atoms with E-state index < -0.39 is 34.3 Å². The zero-order chi connectivity index (χ0) is 21.4. The zero-order valence-electron chi connectivity index (χ0n) is 16.4. The van der Waals surface area contributed by atoms with Crippen LogP contribution < -0.4 is 5.73 Å². The van der Waals surface area contributed by atoms with Crippen LogP contribution in [0.5, 0.6) is 0 Å². The van der Waals surface area contributed by atoms with Crippen molar-refractivity contribution in [3.8, 4) is 11.3 Å². The number of amides is 2. The van der Waals surface area contributed by atoms with Crippen molar-refractivity contribution in [1.29, 1.82) is 0 Å². The quantitative estimate of drug-likeness (QED) is 0.730. The molecule has 2 amide bonds. The van der Waals surface area contributed by atoms with E-state index >= 15 is 0 Å². The molecule has 156 valence electrons. The number of rotatable bonds is 4. The summed E-state index contributed by atoms with van der Waals surface area (Å²) in [7, 11) is 0. The average Bonchev–Trinajstić information content (AvgIpc) is 3.22. The zero-order valence-corrected chi connectivity index (χ0v) is 18.0. The fourth-order valence-corrected chi connectivity index (χ4v) is 4.31. The van der Waals surface area contributed by atoms with Gasteiger partial charge < -0.3 is 10.5 Å². The number of nitrogens with two attached hydrogens (primary N) is 1. The molecule has 7 nitrogen and oxygen atoms in total. The molecular weight excluding hydrogens is 419 g/mol. The standard InChI is InChI=1S/C19H22ClFN4O3S/c1-19(2,3)28-18(27)25(10-13(21)7-16(25)17(22)26)9-11-6-12(20)4-5-14(11)15-8-23-29-24-15/h4-6,8,13,16H,7,9-10H2,1-3H3,(H-,22,26)/p+1/t13-,16+,25?/m1/s1. The molecule has 3 atom stereocenters. The number of alkyl halides is 1. The number of nitrogens with zero attached hydrogens (tertiary/aromatic N) is 3. The number of hydrogen-bond acceptors (Lipinski definition) is 6. The highest BCUT2D eigenvalue weighted by molar-refractivity contribution is 6.99. The van der Waals surface area contributed by atoms with Gasteiger partial charge in [0, 0.05) is 22.6 Å². The van der Waals surface area contributed by atoms with Crippen LogP contribution in [0.2, 0.25) is 5.02 Å². The molecule has 2 N–H and O–H groups in total. The molecule has 1 fully saturated rings. The van der Waals surface area contributed by atoms with Gasteiger partial charge in [0.2, 0.25) is 0 Å². The number of aromatic nitrogens is 2. The monoisotopic (exact) mass is 441 g/mol. The Kier molecular flexibility index (Phi) is 5.93. The van der Waals surface area contributed by atoms with Gasteiger partial charge in [-0.05, 0) is 32.9 Å². The van der Waals surface area contributed by atoms with Gasteiger partial charge in [-0.25, -0.2) is 8.87 Å². The summed E-state index contributed by atoms with van der Waals surface area (Å²) in [6.07, 6.45) is -0.585. The van der Waals surface area contributed by atoms with E-state index in [4.69, 9.17) is 22.1 Å². The number of carbonyl (C=O) groups excluding carboxylic acids is 2. The van der Waals surface area contributed by atoms with Crippen LogP contribution in [0.25, 0.3) is 11.3 Å². The van der Waals surface area contributed by atoms with Crippen molar-refractivity contribution in [3.63, 3.8) is 0 Å². The molecule has 2 heterocycles. The average molecular weight is 442 g/mol. The molecule has 1 unspecified atom stereocenters.